The number of halogens is 2. The molecule has 25 heavy (non-hydrogen) atoms. The summed E-state index contributed by atoms with van der Waals surface area (Å²) in [6, 6.07) is 6.12. The van der Waals surface area contributed by atoms with Gasteiger partial charge in [0.2, 0.25) is 0 Å². The molecule has 2 N–H and O–H groups in total. The molecule has 1 aromatic carbocycles. The lowest BCUT2D eigenvalue weighted by molar-refractivity contribution is 0.0699. The van der Waals surface area contributed by atoms with Crippen LogP contribution in [0.3, 0.4) is 0 Å². The Morgan fingerprint density at radius 1 is 1.36 bits per heavy atom. The minimum Gasteiger partial charge on any atom is -0.478 e. The summed E-state index contributed by atoms with van der Waals surface area (Å²) < 4.78 is 1.73. The molecule has 3 rings (SSSR count). The maximum absolute atomic E-state index is 12.3. The lowest BCUT2D eigenvalue weighted by atomic mass is 10.1. The van der Waals surface area contributed by atoms with Crippen molar-refractivity contribution >= 4 is 52.4 Å². The van der Waals surface area contributed by atoms with Crippen LogP contribution in [0.4, 0.5) is 0 Å². The minimum absolute atomic E-state index is 0.0308. The van der Waals surface area contributed by atoms with Gasteiger partial charge in [0.25, 0.3) is 5.56 Å². The van der Waals surface area contributed by atoms with Crippen LogP contribution in [0.15, 0.2) is 29.1 Å². The highest BCUT2D eigenvalue weighted by molar-refractivity contribution is 7.71. The quantitative estimate of drug-likeness (QED) is 0.650. The maximum atomic E-state index is 12.3. The number of aromatic carboxylic acids is 1. The second kappa shape index (κ2) is 6.59. The molecule has 2 aromatic heterocycles. The summed E-state index contributed by atoms with van der Waals surface area (Å²) in [5.41, 5.74) is 0.239. The number of hydrogen-bond acceptors (Lipinski definition) is 4. The highest BCUT2D eigenvalue weighted by Gasteiger charge is 2.19. The van der Waals surface area contributed by atoms with E-state index in [2.05, 4.69) is 9.97 Å². The van der Waals surface area contributed by atoms with Crippen LogP contribution in [0.25, 0.3) is 22.3 Å². The summed E-state index contributed by atoms with van der Waals surface area (Å²) in [6.45, 7) is 2.23. The van der Waals surface area contributed by atoms with Gasteiger partial charge in [0.15, 0.2) is 4.77 Å². The van der Waals surface area contributed by atoms with Crippen molar-refractivity contribution in [2.45, 2.75) is 13.5 Å². The summed E-state index contributed by atoms with van der Waals surface area (Å²) in [5, 5.41) is 10.3. The number of carboxylic acid groups (broad SMARTS) is 1. The molecule has 0 aliphatic rings. The molecule has 0 unspecified atom stereocenters. The molecule has 9 heteroatoms. The highest BCUT2D eigenvalue weighted by atomic mass is 35.5. The van der Waals surface area contributed by atoms with Gasteiger partial charge in [0.1, 0.15) is 5.65 Å². The fourth-order valence-corrected chi connectivity index (χ4v) is 3.38. The van der Waals surface area contributed by atoms with Crippen LogP contribution >= 0.6 is 35.4 Å². The van der Waals surface area contributed by atoms with E-state index in [0.717, 1.165) is 0 Å². The van der Waals surface area contributed by atoms with Crippen molar-refractivity contribution in [1.82, 2.24) is 14.5 Å². The Hall–Kier alpha value is -2.22. The molecule has 0 amide bonds. The SMILES string of the molecule is CCn1c(=S)[nH]c(=O)c2c(C(=O)O)cc(-c3ccc(Cl)cc3Cl)nc21. The maximum Gasteiger partial charge on any atom is 0.336 e. The normalized spacial score (nSPS) is 11.0. The molecule has 6 nitrogen and oxygen atoms in total. The molecule has 0 aliphatic heterocycles. The number of nitrogens with zero attached hydrogens (tertiary/aromatic N) is 2. The first-order chi connectivity index (χ1) is 11.8. The molecule has 0 fully saturated rings. The lowest BCUT2D eigenvalue weighted by Crippen LogP contribution is -2.18. The molecule has 128 valence electrons. The summed E-state index contributed by atoms with van der Waals surface area (Å²) in [7, 11) is 0. The van der Waals surface area contributed by atoms with E-state index >= 15 is 0 Å². The van der Waals surface area contributed by atoms with Crippen molar-refractivity contribution in [3.05, 3.63) is 55.0 Å². The first kappa shape index (κ1) is 17.6. The van der Waals surface area contributed by atoms with Crippen molar-refractivity contribution in [3.8, 4) is 11.3 Å². The van der Waals surface area contributed by atoms with Crippen LogP contribution in [0.5, 0.6) is 0 Å². The van der Waals surface area contributed by atoms with Gasteiger partial charge in [-0.1, -0.05) is 23.2 Å². The number of pyridine rings is 1. The van der Waals surface area contributed by atoms with Crippen LogP contribution in [-0.4, -0.2) is 25.6 Å². The van der Waals surface area contributed by atoms with E-state index in [1.165, 1.54) is 12.1 Å². The smallest absolute Gasteiger partial charge is 0.336 e. The van der Waals surface area contributed by atoms with Gasteiger partial charge in [0.05, 0.1) is 21.7 Å². The fraction of sp³-hybridized carbons (Fsp3) is 0.125. The number of aromatic nitrogens is 3. The zero-order chi connectivity index (χ0) is 18.3. The molecule has 0 bridgehead atoms. The monoisotopic (exact) mass is 395 g/mol. The Bertz CT molecular complexity index is 1140. The molecular formula is C16H11Cl2N3O3S. The third kappa shape index (κ3) is 3.06. The van der Waals surface area contributed by atoms with Gasteiger partial charge in [-0.25, -0.2) is 9.78 Å². The summed E-state index contributed by atoms with van der Waals surface area (Å²) >= 11 is 17.3. The van der Waals surface area contributed by atoms with Gasteiger partial charge < -0.3 is 9.67 Å². The van der Waals surface area contributed by atoms with E-state index < -0.39 is 11.5 Å². The topological polar surface area (TPSA) is 88.0 Å². The molecule has 2 heterocycles. The molecule has 0 saturated carbocycles. The molecule has 0 aliphatic carbocycles. The third-order valence-corrected chi connectivity index (χ3v) is 4.57. The van der Waals surface area contributed by atoms with Crippen LogP contribution in [0, 0.1) is 4.77 Å². The van der Waals surface area contributed by atoms with E-state index in [1.54, 1.807) is 16.7 Å². The number of hydrogen-bond donors (Lipinski definition) is 2. The van der Waals surface area contributed by atoms with Gasteiger partial charge in [-0.15, -0.1) is 0 Å². The van der Waals surface area contributed by atoms with Gasteiger partial charge in [-0.3, -0.25) is 9.78 Å². The van der Waals surface area contributed by atoms with Crippen LogP contribution in [-0.2, 0) is 6.54 Å². The van der Waals surface area contributed by atoms with Crippen LogP contribution < -0.4 is 5.56 Å². The van der Waals surface area contributed by atoms with Gasteiger partial charge in [-0.05, 0) is 43.4 Å². The van der Waals surface area contributed by atoms with Crippen molar-refractivity contribution in [2.24, 2.45) is 0 Å². The summed E-state index contributed by atoms with van der Waals surface area (Å²) in [5.74, 6) is -1.25. The highest BCUT2D eigenvalue weighted by Crippen LogP contribution is 2.31. The Morgan fingerprint density at radius 2 is 2.08 bits per heavy atom. The number of carboxylic acids is 1. The van der Waals surface area contributed by atoms with Crippen LogP contribution in [0.2, 0.25) is 10.0 Å². The van der Waals surface area contributed by atoms with E-state index in [9.17, 15) is 14.7 Å². The van der Waals surface area contributed by atoms with Crippen molar-refractivity contribution in [3.63, 3.8) is 0 Å². The van der Waals surface area contributed by atoms with Crippen molar-refractivity contribution in [2.75, 3.05) is 0 Å². The number of aryl methyl sites for hydroxylation is 1. The Balaban J connectivity index is 2.49. The predicted octanol–water partition coefficient (Wildman–Crippen LogP) is 4.15. The number of carbonyl (C=O) groups is 1. The average molecular weight is 396 g/mol. The van der Waals surface area contributed by atoms with Crippen molar-refractivity contribution in [1.29, 1.82) is 0 Å². The van der Waals surface area contributed by atoms with Crippen LogP contribution in [0.1, 0.15) is 17.3 Å². The zero-order valence-electron chi connectivity index (χ0n) is 12.8. The van der Waals surface area contributed by atoms with E-state index in [-0.39, 0.29) is 21.4 Å². The largest absolute Gasteiger partial charge is 0.478 e. The second-order valence-electron chi connectivity index (χ2n) is 5.19. The molecule has 0 spiro atoms. The lowest BCUT2D eigenvalue weighted by Gasteiger charge is -2.12. The standard InChI is InChI=1S/C16H11Cl2N3O3S/c1-2-21-13-12(14(22)20-16(21)25)9(15(23)24)6-11(19-13)8-4-3-7(17)5-10(8)18/h3-6H,2H2,1H3,(H,23,24)(H,20,22,25). The fourth-order valence-electron chi connectivity index (χ4n) is 2.57. The van der Waals surface area contributed by atoms with E-state index in [1.807, 2.05) is 6.92 Å². The van der Waals surface area contributed by atoms with Gasteiger partial charge >= 0.3 is 5.97 Å². The number of H-pyrrole nitrogens is 1. The molecule has 0 atom stereocenters. The van der Waals surface area contributed by atoms with E-state index in [0.29, 0.717) is 27.8 Å². The molecule has 0 radical (unpaired) electrons. The number of aromatic amines is 1. The summed E-state index contributed by atoms with van der Waals surface area (Å²) in [6.07, 6.45) is 0. The first-order valence-corrected chi connectivity index (χ1v) is 8.36. The Kier molecular flexibility index (Phi) is 4.64. The van der Waals surface area contributed by atoms with Gasteiger partial charge in [-0.2, -0.15) is 0 Å². The Labute approximate surface area is 156 Å². The third-order valence-electron chi connectivity index (χ3n) is 3.70. The zero-order valence-corrected chi connectivity index (χ0v) is 15.2. The van der Waals surface area contributed by atoms with Crippen molar-refractivity contribution < 1.29 is 9.90 Å². The number of rotatable bonds is 3. The molecule has 3 aromatic rings. The minimum atomic E-state index is -1.25. The molecular weight excluding hydrogens is 385 g/mol. The van der Waals surface area contributed by atoms with Gasteiger partial charge in [0, 0.05) is 17.1 Å². The number of fused-ring (bicyclic) bond motifs is 1. The number of nitrogens with one attached hydrogen (secondary N) is 1. The predicted molar refractivity (Wildman–Crippen MR) is 99.3 cm³/mol. The van der Waals surface area contributed by atoms with E-state index in [4.69, 9.17) is 35.4 Å². The number of benzene rings is 1. The second-order valence-corrected chi connectivity index (χ2v) is 6.42. The summed E-state index contributed by atoms with van der Waals surface area (Å²) in [4.78, 5) is 30.9. The Morgan fingerprint density at radius 3 is 2.68 bits per heavy atom. The average Bonchev–Trinajstić information content (AvgIpc) is 2.53. The first-order valence-electron chi connectivity index (χ1n) is 7.20. The molecule has 0 saturated heterocycles.